The van der Waals surface area contributed by atoms with E-state index >= 15 is 0 Å². The van der Waals surface area contributed by atoms with Gasteiger partial charge >= 0.3 is 0 Å². The van der Waals surface area contributed by atoms with Crippen LogP contribution in [0.25, 0.3) is 83.4 Å². The number of fused-ring (bicyclic) bond motifs is 5. The Bertz CT molecular complexity index is 4670. The highest BCUT2D eigenvalue weighted by atomic mass is 16.5. The molecule has 5 heteroatoms. The van der Waals surface area contributed by atoms with Crippen LogP contribution in [0.4, 0.5) is 0 Å². The highest BCUT2D eigenvalue weighted by Gasteiger charge is 2.37. The van der Waals surface area contributed by atoms with Crippen LogP contribution in [-0.4, -0.2) is 14.1 Å². The first kappa shape index (κ1) is 36.8. The molecule has 0 spiro atoms. The third kappa shape index (κ3) is 8.60. The molecule has 0 amide bonds. The minimum Gasteiger partial charge on any atom is -0.457 e. The number of ether oxygens (including phenoxy) is 1. The van der Waals surface area contributed by atoms with Gasteiger partial charge in [0, 0.05) is 49.9 Å². The molecule has 0 aliphatic heterocycles. The molecule has 1 aliphatic carbocycles. The van der Waals surface area contributed by atoms with E-state index in [9.17, 15) is 5.48 Å². The van der Waals surface area contributed by atoms with E-state index in [-0.39, 0.29) is 73.7 Å². The Morgan fingerprint density at radius 1 is 0.566 bits per heavy atom. The monoisotopic (exact) mass is 1010 g/mol. The van der Waals surface area contributed by atoms with Crippen LogP contribution in [0.1, 0.15) is 126 Å². The summed E-state index contributed by atoms with van der Waals surface area (Å²) < 4.78 is 120. The Kier molecular flexibility index (Phi) is 8.77. The van der Waals surface area contributed by atoms with Crippen molar-refractivity contribution in [2.24, 2.45) is 0 Å². The lowest BCUT2D eigenvalue weighted by Gasteiger charge is -2.42. The highest BCUT2D eigenvalue weighted by molar-refractivity contribution is 6.09. The minimum atomic E-state index is -2.61. The predicted molar refractivity (Wildman–Crippen MR) is 317 cm³/mol. The van der Waals surface area contributed by atoms with Crippen LogP contribution in [0.15, 0.2) is 194 Å². The number of benzene rings is 8. The standard InChI is InChI=1S/C71H69N4O/c1-46-37-66(72-44-59(46)48-31-34-60-61(40-48)71(10,11)36-35-70(60,8)9)75-62-28-16-15-25-57(62)58-33-32-54(43-65(58)75)76-53-24-19-23-52(42-53)73-45-74(64-30-18-17-29-63(64)73)67-55(47-21-13-12-14-22-47)26-20-27-56(67)49-38-50(68(2,3)4)41-51(39-49)69(5,6)7/h12-34,37-45H,35-36H2,1-11H3/q+1/i1D3,12D,13D,14D,15D,16D,21D,22D,25D,28D. The molecule has 11 aromatic rings. The summed E-state index contributed by atoms with van der Waals surface area (Å²) in [5.74, 6) is 0.942. The lowest BCUT2D eigenvalue weighted by Crippen LogP contribution is -2.33. The van der Waals surface area contributed by atoms with Crippen LogP contribution in [0.2, 0.25) is 0 Å². The van der Waals surface area contributed by atoms with Crippen LogP contribution >= 0.6 is 0 Å². The second kappa shape index (κ2) is 18.1. The smallest absolute Gasteiger partial charge is 0.255 e. The first-order chi connectivity index (χ1) is 41.3. The summed E-state index contributed by atoms with van der Waals surface area (Å²) in [7, 11) is 0. The van der Waals surface area contributed by atoms with Gasteiger partial charge in [0.05, 0.1) is 23.4 Å². The molecule has 0 radical (unpaired) electrons. The van der Waals surface area contributed by atoms with E-state index in [1.165, 1.54) is 17.2 Å². The number of para-hydroxylation sites is 4. The summed E-state index contributed by atoms with van der Waals surface area (Å²) in [4.78, 5) is 4.94. The third-order valence-corrected chi connectivity index (χ3v) is 15.6. The number of nitrogens with zero attached hydrogens (tertiary/aromatic N) is 4. The summed E-state index contributed by atoms with van der Waals surface area (Å²) >= 11 is 0. The molecule has 378 valence electrons. The van der Waals surface area contributed by atoms with Crippen molar-refractivity contribution in [2.45, 2.75) is 111 Å². The van der Waals surface area contributed by atoms with E-state index < -0.39 is 37.1 Å². The quantitative estimate of drug-likeness (QED) is 0.142. The van der Waals surface area contributed by atoms with Crippen molar-refractivity contribution in [3.63, 3.8) is 0 Å². The molecule has 0 saturated carbocycles. The minimum absolute atomic E-state index is 0.0439. The molecule has 5 nitrogen and oxygen atoms in total. The van der Waals surface area contributed by atoms with Gasteiger partial charge in [-0.05, 0) is 134 Å². The van der Waals surface area contributed by atoms with Crippen molar-refractivity contribution in [3.05, 3.63) is 222 Å². The lowest BCUT2D eigenvalue weighted by atomic mass is 9.63. The van der Waals surface area contributed by atoms with Gasteiger partial charge in [-0.15, -0.1) is 0 Å². The Hall–Kier alpha value is -8.02. The maximum Gasteiger partial charge on any atom is 0.255 e. The maximum atomic E-state index is 9.30. The third-order valence-electron chi connectivity index (χ3n) is 15.6. The average molecular weight is 1010 g/mol. The fraction of sp³-hybridized carbons (Fsp3) is 0.239. The summed E-state index contributed by atoms with van der Waals surface area (Å²) in [5.41, 5.74) is 10.8. The molecule has 0 bridgehead atoms. The molecular weight excluding hydrogens is 925 g/mol. The van der Waals surface area contributed by atoms with Gasteiger partial charge in [0.15, 0.2) is 11.0 Å². The van der Waals surface area contributed by atoms with Gasteiger partial charge in [-0.3, -0.25) is 4.57 Å². The zero-order valence-corrected chi connectivity index (χ0v) is 44.9. The van der Waals surface area contributed by atoms with E-state index in [0.29, 0.717) is 44.9 Å². The van der Waals surface area contributed by atoms with Gasteiger partial charge in [0.25, 0.3) is 6.33 Å². The number of hydrogen-bond donors (Lipinski definition) is 0. The second-order valence-electron chi connectivity index (χ2n) is 23.8. The molecule has 0 atom stereocenters. The molecule has 8 aromatic carbocycles. The Morgan fingerprint density at radius 3 is 2.00 bits per heavy atom. The van der Waals surface area contributed by atoms with Gasteiger partial charge in [-0.1, -0.05) is 190 Å². The molecule has 76 heavy (non-hydrogen) atoms. The van der Waals surface area contributed by atoms with E-state index in [1.54, 1.807) is 29.0 Å². The first-order valence-corrected chi connectivity index (χ1v) is 26.1. The predicted octanol–water partition coefficient (Wildman–Crippen LogP) is 18.4. The second-order valence-corrected chi connectivity index (χ2v) is 23.8. The van der Waals surface area contributed by atoms with Crippen molar-refractivity contribution < 1.29 is 25.8 Å². The fourth-order valence-corrected chi connectivity index (χ4v) is 11.2. The van der Waals surface area contributed by atoms with Gasteiger partial charge in [0.2, 0.25) is 0 Å². The van der Waals surface area contributed by atoms with Crippen LogP contribution < -0.4 is 9.30 Å². The molecule has 0 fully saturated rings. The molecular formula is C71H69N4O+. The lowest BCUT2D eigenvalue weighted by molar-refractivity contribution is -0.566. The number of hydrogen-bond acceptors (Lipinski definition) is 2. The molecule has 0 saturated heterocycles. The molecule has 3 aromatic heterocycles. The van der Waals surface area contributed by atoms with E-state index in [0.717, 1.165) is 51.7 Å². The number of rotatable bonds is 8. The van der Waals surface area contributed by atoms with Gasteiger partial charge in [-0.2, -0.15) is 9.13 Å². The zero-order valence-electron chi connectivity index (χ0n) is 56.9. The number of imidazole rings is 1. The molecule has 12 rings (SSSR count). The highest BCUT2D eigenvalue weighted by Crippen LogP contribution is 2.47. The number of pyridine rings is 1. The Labute approximate surface area is 466 Å². The summed E-state index contributed by atoms with van der Waals surface area (Å²) in [6.45, 7) is 19.4. The van der Waals surface area contributed by atoms with Crippen LogP contribution in [-0.2, 0) is 21.7 Å². The van der Waals surface area contributed by atoms with Crippen LogP contribution in [0, 0.1) is 6.85 Å². The van der Waals surface area contributed by atoms with Crippen molar-refractivity contribution >= 4 is 32.8 Å². The summed E-state index contributed by atoms with van der Waals surface area (Å²) in [5, 5.41) is 0.728. The Balaban J connectivity index is 1.01. The summed E-state index contributed by atoms with van der Waals surface area (Å²) in [6, 6.07) is 37.3. The largest absolute Gasteiger partial charge is 0.457 e. The van der Waals surface area contributed by atoms with Gasteiger partial charge in [0.1, 0.15) is 28.7 Å². The molecule has 1 aliphatic rings. The van der Waals surface area contributed by atoms with E-state index in [2.05, 4.69) is 99.6 Å². The van der Waals surface area contributed by atoms with Gasteiger partial charge < -0.3 is 4.74 Å². The first-order valence-electron chi connectivity index (χ1n) is 32.1. The molecule has 0 unspecified atom stereocenters. The molecule has 3 heterocycles. The summed E-state index contributed by atoms with van der Waals surface area (Å²) in [6.07, 6.45) is 5.51. The maximum absolute atomic E-state index is 9.30. The normalized spacial score (nSPS) is 16.8. The number of aromatic nitrogens is 4. The average Bonchev–Trinajstić information content (AvgIpc) is 1.54. The van der Waals surface area contributed by atoms with Crippen LogP contribution in [0.3, 0.4) is 0 Å². The van der Waals surface area contributed by atoms with E-state index in [4.69, 9.17) is 20.7 Å². The number of aryl methyl sites for hydroxylation is 1. The van der Waals surface area contributed by atoms with Crippen molar-refractivity contribution in [1.82, 2.24) is 14.1 Å². The van der Waals surface area contributed by atoms with Crippen LogP contribution in [0.5, 0.6) is 11.5 Å². The van der Waals surface area contributed by atoms with Crippen molar-refractivity contribution in [3.8, 4) is 62.1 Å². The fourth-order valence-electron chi connectivity index (χ4n) is 11.2. The van der Waals surface area contributed by atoms with E-state index in [1.807, 2.05) is 88.3 Å². The van der Waals surface area contributed by atoms with Crippen molar-refractivity contribution in [1.29, 1.82) is 0 Å². The zero-order chi connectivity index (χ0) is 63.2. The Morgan fingerprint density at radius 2 is 1.25 bits per heavy atom. The SMILES string of the molecule is [2H]c1c([2H])c([2H])c(-c2cccc(-c3cc(C(C)(C)C)cc(C(C)(C)C)c3)c2-[n+]2cn(-c3cccc(Oc4ccc5c6c([2H])c([2H])c([2H])c([2H])c6n(-c6cc(C([2H])([2H])[2H])c(-c7ccc8c(c7)C(C)(C)CCC8(C)C)cn6)c5c4)c3)c3ccccc32)c([2H])c1[2H]. The van der Waals surface area contributed by atoms with Crippen molar-refractivity contribution in [2.75, 3.05) is 0 Å². The molecule has 0 N–H and O–H groups in total. The van der Waals surface area contributed by atoms with Gasteiger partial charge in [-0.25, -0.2) is 4.98 Å². The topological polar surface area (TPSA) is 35.9 Å².